The van der Waals surface area contributed by atoms with E-state index in [4.69, 9.17) is 14.2 Å². The average molecular weight is 329 g/mol. The smallest absolute Gasteiger partial charge is 0.410 e. The molecule has 2 atom stereocenters. The molecule has 0 aliphatic carbocycles. The maximum Gasteiger partial charge on any atom is 0.410 e. The number of carbonyl (C=O) groups excluding carboxylic acids is 3. The Morgan fingerprint density at radius 3 is 2.35 bits per heavy atom. The Hall–Kier alpha value is -1.79. The van der Waals surface area contributed by atoms with Gasteiger partial charge >= 0.3 is 18.0 Å². The van der Waals surface area contributed by atoms with Crippen LogP contribution in [0.4, 0.5) is 4.79 Å². The van der Waals surface area contributed by atoms with Crippen LogP contribution in [0.3, 0.4) is 0 Å². The number of nitrogens with zero attached hydrogens (tertiary/aromatic N) is 1. The first-order valence-corrected chi connectivity index (χ1v) is 8.03. The van der Waals surface area contributed by atoms with Crippen molar-refractivity contribution in [2.45, 2.75) is 59.2 Å². The van der Waals surface area contributed by atoms with E-state index in [1.807, 2.05) is 0 Å². The molecule has 7 heteroatoms. The van der Waals surface area contributed by atoms with Gasteiger partial charge in [-0.1, -0.05) is 6.92 Å². The van der Waals surface area contributed by atoms with E-state index in [2.05, 4.69) is 0 Å². The summed E-state index contributed by atoms with van der Waals surface area (Å²) in [5, 5.41) is 0. The van der Waals surface area contributed by atoms with E-state index in [1.165, 1.54) is 4.90 Å². The molecule has 7 nitrogen and oxygen atoms in total. The zero-order valence-electron chi connectivity index (χ0n) is 14.6. The predicted octanol–water partition coefficient (Wildman–Crippen LogP) is 2.13. The molecular weight excluding hydrogens is 302 g/mol. The SMILES string of the molecule is CCOC(=O)C(CC)C(=O)OC1CCN(C(=O)OC(C)(C)C)C1. The minimum atomic E-state index is -0.912. The van der Waals surface area contributed by atoms with E-state index >= 15 is 0 Å². The van der Waals surface area contributed by atoms with Crippen LogP contribution >= 0.6 is 0 Å². The van der Waals surface area contributed by atoms with Crippen molar-refractivity contribution in [2.24, 2.45) is 5.92 Å². The van der Waals surface area contributed by atoms with Gasteiger partial charge < -0.3 is 19.1 Å². The molecule has 0 aromatic heterocycles. The number of hydrogen-bond donors (Lipinski definition) is 0. The van der Waals surface area contributed by atoms with Gasteiger partial charge in [0, 0.05) is 13.0 Å². The second-order valence-electron chi connectivity index (χ2n) is 6.49. The Morgan fingerprint density at radius 2 is 1.83 bits per heavy atom. The topological polar surface area (TPSA) is 82.1 Å². The van der Waals surface area contributed by atoms with Crippen molar-refractivity contribution in [2.75, 3.05) is 19.7 Å². The summed E-state index contributed by atoms with van der Waals surface area (Å²) in [6, 6.07) is 0. The Labute approximate surface area is 137 Å². The highest BCUT2D eigenvalue weighted by atomic mass is 16.6. The molecule has 1 fully saturated rings. The standard InChI is InChI=1S/C16H27NO6/c1-6-12(13(18)21-7-2)14(19)22-11-8-9-17(10-11)15(20)23-16(3,4)5/h11-12H,6-10H2,1-5H3. The van der Waals surface area contributed by atoms with E-state index in [0.717, 1.165) is 0 Å². The molecule has 1 saturated heterocycles. The van der Waals surface area contributed by atoms with Crippen molar-refractivity contribution < 1.29 is 28.6 Å². The van der Waals surface area contributed by atoms with E-state index in [0.29, 0.717) is 19.4 Å². The van der Waals surface area contributed by atoms with Gasteiger partial charge in [-0.2, -0.15) is 0 Å². The molecule has 0 spiro atoms. The summed E-state index contributed by atoms with van der Waals surface area (Å²) in [6.45, 7) is 9.76. The van der Waals surface area contributed by atoms with Gasteiger partial charge in [-0.3, -0.25) is 9.59 Å². The van der Waals surface area contributed by atoms with E-state index in [-0.39, 0.29) is 13.2 Å². The highest BCUT2D eigenvalue weighted by molar-refractivity contribution is 5.94. The maximum absolute atomic E-state index is 12.1. The Balaban J connectivity index is 2.52. The maximum atomic E-state index is 12.1. The molecular formula is C16H27NO6. The molecule has 2 unspecified atom stereocenters. The number of rotatable bonds is 5. The first-order valence-electron chi connectivity index (χ1n) is 8.03. The van der Waals surface area contributed by atoms with Crippen molar-refractivity contribution in [1.29, 1.82) is 0 Å². The molecule has 1 amide bonds. The molecule has 0 N–H and O–H groups in total. The fraction of sp³-hybridized carbons (Fsp3) is 0.812. The van der Waals surface area contributed by atoms with Gasteiger partial charge in [0.15, 0.2) is 5.92 Å². The van der Waals surface area contributed by atoms with Gasteiger partial charge in [0.2, 0.25) is 0 Å². The summed E-state index contributed by atoms with van der Waals surface area (Å²) in [6.07, 6.45) is 0.0108. The van der Waals surface area contributed by atoms with Crippen LogP contribution in [0.15, 0.2) is 0 Å². The van der Waals surface area contributed by atoms with Crippen LogP contribution in [-0.4, -0.2) is 54.3 Å². The van der Waals surface area contributed by atoms with Crippen LogP contribution in [0.1, 0.15) is 47.5 Å². The molecule has 1 rings (SSSR count). The number of hydrogen-bond acceptors (Lipinski definition) is 6. The van der Waals surface area contributed by atoms with Crippen molar-refractivity contribution in [3.05, 3.63) is 0 Å². The summed E-state index contributed by atoms with van der Waals surface area (Å²) in [5.74, 6) is -2.07. The lowest BCUT2D eigenvalue weighted by Crippen LogP contribution is -2.37. The first kappa shape index (κ1) is 19.3. The molecule has 0 aromatic rings. The minimum Gasteiger partial charge on any atom is -0.465 e. The van der Waals surface area contributed by atoms with Gasteiger partial charge in [-0.05, 0) is 34.1 Å². The summed E-state index contributed by atoms with van der Waals surface area (Å²) in [4.78, 5) is 37.3. The van der Waals surface area contributed by atoms with Gasteiger partial charge in [-0.15, -0.1) is 0 Å². The fourth-order valence-corrected chi connectivity index (χ4v) is 2.24. The quantitative estimate of drug-likeness (QED) is 0.436. The minimum absolute atomic E-state index is 0.221. The van der Waals surface area contributed by atoms with Crippen molar-refractivity contribution in [3.63, 3.8) is 0 Å². The molecule has 1 heterocycles. The molecule has 23 heavy (non-hydrogen) atoms. The Kier molecular flexibility index (Phi) is 6.84. The van der Waals surface area contributed by atoms with Crippen LogP contribution in [0.2, 0.25) is 0 Å². The zero-order valence-corrected chi connectivity index (χ0v) is 14.6. The average Bonchev–Trinajstić information content (AvgIpc) is 2.86. The van der Waals surface area contributed by atoms with Crippen LogP contribution in [0, 0.1) is 5.92 Å². The Morgan fingerprint density at radius 1 is 1.17 bits per heavy atom. The largest absolute Gasteiger partial charge is 0.465 e. The van der Waals surface area contributed by atoms with Crippen LogP contribution in [0.5, 0.6) is 0 Å². The van der Waals surface area contributed by atoms with Crippen molar-refractivity contribution in [1.82, 2.24) is 4.90 Å². The van der Waals surface area contributed by atoms with Crippen molar-refractivity contribution in [3.8, 4) is 0 Å². The van der Waals surface area contributed by atoms with E-state index in [1.54, 1.807) is 34.6 Å². The summed E-state index contributed by atoms with van der Waals surface area (Å²) in [5.41, 5.74) is -0.566. The molecule has 0 saturated carbocycles. The third-order valence-electron chi connectivity index (χ3n) is 3.34. The molecule has 0 aromatic carbocycles. The highest BCUT2D eigenvalue weighted by Crippen LogP contribution is 2.19. The fourth-order valence-electron chi connectivity index (χ4n) is 2.24. The van der Waals surface area contributed by atoms with Gasteiger partial charge in [-0.25, -0.2) is 4.79 Å². The van der Waals surface area contributed by atoms with Gasteiger partial charge in [0.05, 0.1) is 13.2 Å². The molecule has 1 aliphatic rings. The number of carbonyl (C=O) groups is 3. The summed E-state index contributed by atoms with van der Waals surface area (Å²) < 4.78 is 15.5. The van der Waals surface area contributed by atoms with Crippen LogP contribution in [-0.2, 0) is 23.8 Å². The molecule has 1 aliphatic heterocycles. The lowest BCUT2D eigenvalue weighted by molar-refractivity contribution is -0.164. The lowest BCUT2D eigenvalue weighted by atomic mass is 10.1. The Bertz CT molecular complexity index is 442. The molecule has 0 bridgehead atoms. The zero-order chi connectivity index (χ0) is 17.6. The van der Waals surface area contributed by atoms with Crippen LogP contribution < -0.4 is 0 Å². The monoisotopic (exact) mass is 329 g/mol. The number of ether oxygens (including phenoxy) is 3. The van der Waals surface area contributed by atoms with E-state index in [9.17, 15) is 14.4 Å². The molecule has 0 radical (unpaired) electrons. The second kappa shape index (κ2) is 8.17. The predicted molar refractivity (Wildman–Crippen MR) is 82.7 cm³/mol. The highest BCUT2D eigenvalue weighted by Gasteiger charge is 2.35. The number of amides is 1. The first-order chi connectivity index (χ1) is 10.7. The van der Waals surface area contributed by atoms with Crippen LogP contribution in [0.25, 0.3) is 0 Å². The van der Waals surface area contributed by atoms with Crippen molar-refractivity contribution >= 4 is 18.0 Å². The normalized spacial score (nSPS) is 19.2. The summed E-state index contributed by atoms with van der Waals surface area (Å²) >= 11 is 0. The van der Waals surface area contributed by atoms with Gasteiger partial charge in [0.25, 0.3) is 0 Å². The third-order valence-corrected chi connectivity index (χ3v) is 3.34. The summed E-state index contributed by atoms with van der Waals surface area (Å²) in [7, 11) is 0. The van der Waals surface area contributed by atoms with Gasteiger partial charge in [0.1, 0.15) is 11.7 Å². The number of likely N-dealkylation sites (tertiary alicyclic amines) is 1. The lowest BCUT2D eigenvalue weighted by Gasteiger charge is -2.24. The molecule has 132 valence electrons. The van der Waals surface area contributed by atoms with E-state index < -0.39 is 35.7 Å². The second-order valence-corrected chi connectivity index (χ2v) is 6.49. The number of esters is 2. The third kappa shape index (κ3) is 6.08.